The van der Waals surface area contributed by atoms with Crippen LogP contribution in [0, 0.1) is 0 Å². The number of rotatable bonds is 5. The molecule has 8 nitrogen and oxygen atoms in total. The minimum atomic E-state index is -1.02. The predicted octanol–water partition coefficient (Wildman–Crippen LogP) is 2.29. The van der Waals surface area contributed by atoms with Crippen molar-refractivity contribution < 1.29 is 29.0 Å². The molecule has 0 aliphatic carbocycles. The van der Waals surface area contributed by atoms with Crippen LogP contribution in [0.1, 0.15) is 38.9 Å². The van der Waals surface area contributed by atoms with Gasteiger partial charge in [-0.25, -0.2) is 0 Å². The number of hydrogen-bond acceptors (Lipinski definition) is 5. The number of aliphatic carboxylic acids is 1. The standard InChI is InChI=1S/C20H18N2O6/c1-27-14-8-7-12-16(17(14)28-2)20(26)22-13-6-4-3-5-11(13)19(25)21(18(12)22)10-9-15(23)24/h3-8,18H,9-10H2,1-2H3,(H,23,24). The van der Waals surface area contributed by atoms with E-state index in [9.17, 15) is 14.4 Å². The zero-order valence-electron chi connectivity index (χ0n) is 15.3. The Bertz CT molecular complexity index is 1000. The largest absolute Gasteiger partial charge is 0.493 e. The molecule has 4 rings (SSSR count). The lowest BCUT2D eigenvalue weighted by Crippen LogP contribution is -2.48. The molecule has 2 aliphatic rings. The quantitative estimate of drug-likeness (QED) is 0.852. The smallest absolute Gasteiger partial charge is 0.305 e. The number of anilines is 1. The number of benzene rings is 2. The number of nitrogens with zero attached hydrogens (tertiary/aromatic N) is 2. The minimum Gasteiger partial charge on any atom is -0.493 e. The minimum absolute atomic E-state index is 0.0231. The summed E-state index contributed by atoms with van der Waals surface area (Å²) in [5.74, 6) is -0.951. The van der Waals surface area contributed by atoms with Gasteiger partial charge < -0.3 is 19.5 Å². The van der Waals surface area contributed by atoms with Crippen molar-refractivity contribution >= 4 is 23.5 Å². The van der Waals surface area contributed by atoms with Gasteiger partial charge in [0.05, 0.1) is 37.5 Å². The van der Waals surface area contributed by atoms with Crippen LogP contribution in [-0.4, -0.2) is 48.6 Å². The second-order valence-corrected chi connectivity index (χ2v) is 6.47. The average molecular weight is 382 g/mol. The Kier molecular flexibility index (Phi) is 4.18. The molecular weight excluding hydrogens is 364 g/mol. The first-order valence-corrected chi connectivity index (χ1v) is 8.69. The summed E-state index contributed by atoms with van der Waals surface area (Å²) in [5.41, 5.74) is 1.75. The molecule has 28 heavy (non-hydrogen) atoms. The lowest BCUT2D eigenvalue weighted by atomic mass is 10.0. The molecule has 0 bridgehead atoms. The van der Waals surface area contributed by atoms with Gasteiger partial charge in [0.2, 0.25) is 0 Å². The number of methoxy groups -OCH3 is 2. The number of ether oxygens (including phenoxy) is 2. The van der Waals surface area contributed by atoms with E-state index in [1.165, 1.54) is 24.0 Å². The zero-order valence-corrected chi connectivity index (χ0v) is 15.3. The van der Waals surface area contributed by atoms with E-state index >= 15 is 0 Å². The van der Waals surface area contributed by atoms with Crippen LogP contribution in [-0.2, 0) is 4.79 Å². The molecule has 2 aliphatic heterocycles. The summed E-state index contributed by atoms with van der Waals surface area (Å²) >= 11 is 0. The molecule has 0 saturated carbocycles. The molecule has 1 unspecified atom stereocenters. The molecule has 0 radical (unpaired) electrons. The van der Waals surface area contributed by atoms with Gasteiger partial charge in [-0.3, -0.25) is 19.3 Å². The Morgan fingerprint density at radius 2 is 1.82 bits per heavy atom. The molecule has 1 N–H and O–H groups in total. The van der Waals surface area contributed by atoms with Gasteiger partial charge in [-0.05, 0) is 18.2 Å². The lowest BCUT2D eigenvalue weighted by Gasteiger charge is -2.40. The molecule has 1 atom stereocenters. The lowest BCUT2D eigenvalue weighted by molar-refractivity contribution is -0.137. The first-order valence-electron chi connectivity index (χ1n) is 8.69. The Balaban J connectivity index is 1.93. The highest BCUT2D eigenvalue weighted by Crippen LogP contribution is 2.49. The van der Waals surface area contributed by atoms with Crippen molar-refractivity contribution in [3.8, 4) is 11.5 Å². The van der Waals surface area contributed by atoms with Crippen LogP contribution in [0.5, 0.6) is 11.5 Å². The summed E-state index contributed by atoms with van der Waals surface area (Å²) in [6.45, 7) is -0.0231. The normalized spacial score (nSPS) is 17.1. The van der Waals surface area contributed by atoms with Gasteiger partial charge in [-0.1, -0.05) is 18.2 Å². The van der Waals surface area contributed by atoms with Crippen LogP contribution in [0.4, 0.5) is 5.69 Å². The number of carboxylic acids is 1. The third-order valence-electron chi connectivity index (χ3n) is 5.05. The van der Waals surface area contributed by atoms with Gasteiger partial charge in [0.1, 0.15) is 6.17 Å². The molecular formula is C20H18N2O6. The summed E-state index contributed by atoms with van der Waals surface area (Å²) in [5, 5.41) is 9.11. The fraction of sp³-hybridized carbons (Fsp3) is 0.250. The molecule has 0 saturated heterocycles. The van der Waals surface area contributed by atoms with Crippen molar-refractivity contribution in [1.29, 1.82) is 0 Å². The summed E-state index contributed by atoms with van der Waals surface area (Å²) in [6, 6.07) is 10.2. The first-order chi connectivity index (χ1) is 13.5. The molecule has 2 heterocycles. The average Bonchev–Trinajstić information content (AvgIpc) is 3.00. The Morgan fingerprint density at radius 1 is 1.07 bits per heavy atom. The predicted molar refractivity (Wildman–Crippen MR) is 98.8 cm³/mol. The van der Waals surface area contributed by atoms with Gasteiger partial charge in [0.25, 0.3) is 11.8 Å². The van der Waals surface area contributed by atoms with Crippen LogP contribution in [0.2, 0.25) is 0 Å². The summed E-state index contributed by atoms with van der Waals surface area (Å²) in [6.07, 6.45) is -0.959. The molecule has 8 heteroatoms. The Labute approximate surface area is 160 Å². The monoisotopic (exact) mass is 382 g/mol. The fourth-order valence-corrected chi connectivity index (χ4v) is 3.87. The Morgan fingerprint density at radius 3 is 2.50 bits per heavy atom. The molecule has 2 aromatic rings. The van der Waals surface area contributed by atoms with Crippen LogP contribution < -0.4 is 14.4 Å². The molecule has 2 amide bonds. The number of amides is 2. The molecule has 2 aromatic carbocycles. The van der Waals surface area contributed by atoms with E-state index in [2.05, 4.69) is 0 Å². The van der Waals surface area contributed by atoms with Gasteiger partial charge in [-0.15, -0.1) is 0 Å². The number of carbonyl (C=O) groups is 3. The molecule has 0 aromatic heterocycles. The van der Waals surface area contributed by atoms with Gasteiger partial charge in [-0.2, -0.15) is 0 Å². The van der Waals surface area contributed by atoms with E-state index in [1.54, 1.807) is 36.4 Å². The van der Waals surface area contributed by atoms with Gasteiger partial charge >= 0.3 is 5.97 Å². The van der Waals surface area contributed by atoms with Crippen LogP contribution in [0.25, 0.3) is 0 Å². The third kappa shape index (κ3) is 2.41. The highest BCUT2D eigenvalue weighted by atomic mass is 16.5. The summed E-state index contributed by atoms with van der Waals surface area (Å²) in [4.78, 5) is 40.5. The number of carboxylic acid groups (broad SMARTS) is 1. The van der Waals surface area contributed by atoms with Gasteiger partial charge in [0.15, 0.2) is 11.5 Å². The van der Waals surface area contributed by atoms with Crippen molar-refractivity contribution in [3.63, 3.8) is 0 Å². The maximum atomic E-state index is 13.4. The third-order valence-corrected chi connectivity index (χ3v) is 5.05. The van der Waals surface area contributed by atoms with Gasteiger partial charge in [0, 0.05) is 12.1 Å². The van der Waals surface area contributed by atoms with E-state index in [1.807, 2.05) is 0 Å². The van der Waals surface area contributed by atoms with E-state index in [-0.39, 0.29) is 24.8 Å². The van der Waals surface area contributed by atoms with E-state index in [0.29, 0.717) is 33.9 Å². The SMILES string of the molecule is COc1ccc2c(c1OC)C(=O)N1c3ccccc3C(=O)N(CCC(=O)O)C21. The molecule has 144 valence electrons. The van der Waals surface area contributed by atoms with Crippen LogP contribution in [0.3, 0.4) is 0 Å². The van der Waals surface area contributed by atoms with E-state index in [0.717, 1.165) is 0 Å². The van der Waals surface area contributed by atoms with Crippen molar-refractivity contribution in [1.82, 2.24) is 4.90 Å². The number of fused-ring (bicyclic) bond motifs is 5. The molecule has 0 spiro atoms. The van der Waals surface area contributed by atoms with E-state index < -0.39 is 12.1 Å². The summed E-state index contributed by atoms with van der Waals surface area (Å²) in [7, 11) is 2.93. The highest BCUT2D eigenvalue weighted by molar-refractivity contribution is 6.18. The van der Waals surface area contributed by atoms with Crippen molar-refractivity contribution in [2.24, 2.45) is 0 Å². The topological polar surface area (TPSA) is 96.4 Å². The van der Waals surface area contributed by atoms with Crippen molar-refractivity contribution in [3.05, 3.63) is 53.1 Å². The van der Waals surface area contributed by atoms with Crippen molar-refractivity contribution in [2.45, 2.75) is 12.6 Å². The second kappa shape index (κ2) is 6.56. The van der Waals surface area contributed by atoms with Crippen LogP contribution >= 0.6 is 0 Å². The number of para-hydroxylation sites is 1. The number of carbonyl (C=O) groups excluding carboxylic acids is 2. The maximum Gasteiger partial charge on any atom is 0.305 e. The van der Waals surface area contributed by atoms with Crippen LogP contribution in [0.15, 0.2) is 36.4 Å². The van der Waals surface area contributed by atoms with Crippen molar-refractivity contribution in [2.75, 3.05) is 25.7 Å². The van der Waals surface area contributed by atoms with E-state index in [4.69, 9.17) is 14.6 Å². The fourth-order valence-electron chi connectivity index (χ4n) is 3.87. The first kappa shape index (κ1) is 17.8. The molecule has 0 fully saturated rings. The summed E-state index contributed by atoms with van der Waals surface area (Å²) < 4.78 is 10.7. The zero-order chi connectivity index (χ0) is 20.0. The highest BCUT2D eigenvalue weighted by Gasteiger charge is 2.49. The maximum absolute atomic E-state index is 13.4. The Hall–Kier alpha value is -3.55. The second-order valence-electron chi connectivity index (χ2n) is 6.47. The number of hydrogen-bond donors (Lipinski definition) is 1.